The molecule has 0 bridgehead atoms. The highest BCUT2D eigenvalue weighted by molar-refractivity contribution is 6.83. The first kappa shape index (κ1) is 19.3. The first-order chi connectivity index (χ1) is 10.1. The van der Waals surface area contributed by atoms with Crippen LogP contribution in [0.1, 0.15) is 38.5 Å². The highest BCUT2D eigenvalue weighted by Crippen LogP contribution is 2.37. The van der Waals surface area contributed by atoms with E-state index in [-0.39, 0.29) is 0 Å². The van der Waals surface area contributed by atoms with E-state index in [2.05, 4.69) is 57.3 Å². The molecule has 1 nitrogen and oxygen atoms in total. The topological polar surface area (TPSA) is 9.23 Å². The van der Waals surface area contributed by atoms with Crippen LogP contribution in [-0.2, 0) is 4.43 Å². The third kappa shape index (κ3) is 7.51. The highest BCUT2D eigenvalue weighted by Gasteiger charge is 2.26. The fourth-order valence-electron chi connectivity index (χ4n) is 2.89. The summed E-state index contributed by atoms with van der Waals surface area (Å²) in [6.07, 6.45) is 8.88. The van der Waals surface area contributed by atoms with E-state index in [0.29, 0.717) is 5.92 Å². The van der Waals surface area contributed by atoms with Gasteiger partial charge in [-0.25, -0.2) is 0 Å². The second-order valence-electron chi connectivity index (χ2n) is 8.34. The van der Waals surface area contributed by atoms with Gasteiger partial charge >= 0.3 is 0 Å². The summed E-state index contributed by atoms with van der Waals surface area (Å²) in [6, 6.07) is 0. The van der Waals surface area contributed by atoms with Gasteiger partial charge in [-0.05, 0) is 56.8 Å². The van der Waals surface area contributed by atoms with E-state index in [1.54, 1.807) is 0 Å². The molecule has 0 heterocycles. The molecular formula is C19H34OSi2. The predicted molar refractivity (Wildman–Crippen MR) is 104 cm³/mol. The first-order valence-corrected chi connectivity index (χ1v) is 15.5. The monoisotopic (exact) mass is 334 g/mol. The van der Waals surface area contributed by atoms with Crippen molar-refractivity contribution in [2.75, 3.05) is 0 Å². The van der Waals surface area contributed by atoms with Gasteiger partial charge in [-0.2, -0.15) is 0 Å². The normalized spacial score (nSPS) is 19.5. The fourth-order valence-corrected chi connectivity index (χ4v) is 4.51. The Labute approximate surface area is 140 Å². The van der Waals surface area contributed by atoms with E-state index in [9.17, 15) is 0 Å². The van der Waals surface area contributed by atoms with Gasteiger partial charge in [-0.15, -0.1) is 18.0 Å². The van der Waals surface area contributed by atoms with E-state index in [1.807, 2.05) is 6.08 Å². The van der Waals surface area contributed by atoms with Gasteiger partial charge in [0, 0.05) is 12.8 Å². The van der Waals surface area contributed by atoms with Crippen LogP contribution in [0.4, 0.5) is 0 Å². The molecule has 0 radical (unpaired) electrons. The van der Waals surface area contributed by atoms with Crippen molar-refractivity contribution < 1.29 is 4.43 Å². The lowest BCUT2D eigenvalue weighted by molar-refractivity contribution is 0.334. The largest absolute Gasteiger partial charge is 0.547 e. The van der Waals surface area contributed by atoms with Crippen LogP contribution in [0.15, 0.2) is 24.0 Å². The Hall–Kier alpha value is -0.726. The minimum Gasteiger partial charge on any atom is -0.547 e. The third-order valence-corrected chi connectivity index (χ3v) is 5.47. The van der Waals surface area contributed by atoms with Crippen LogP contribution in [0, 0.1) is 17.4 Å². The molecule has 124 valence electrons. The molecule has 3 heteroatoms. The Morgan fingerprint density at radius 1 is 1.23 bits per heavy atom. The Bertz CT molecular complexity index is 466. The molecule has 1 unspecified atom stereocenters. The van der Waals surface area contributed by atoms with Crippen molar-refractivity contribution in [2.24, 2.45) is 5.92 Å². The molecular weight excluding hydrogens is 300 g/mol. The summed E-state index contributed by atoms with van der Waals surface area (Å²) >= 11 is 0. The smallest absolute Gasteiger partial charge is 0.241 e. The zero-order valence-electron chi connectivity index (χ0n) is 15.5. The molecule has 0 amide bonds. The SMILES string of the molecule is C=CCC1=C(O[Si](C)(C)C)CCCC1CCC#C[Si](C)(C)C. The van der Waals surface area contributed by atoms with Crippen LogP contribution in [0.5, 0.6) is 0 Å². The van der Waals surface area contributed by atoms with Crippen molar-refractivity contribution in [3.05, 3.63) is 24.0 Å². The van der Waals surface area contributed by atoms with E-state index < -0.39 is 16.4 Å². The molecule has 0 aromatic heterocycles. The molecule has 1 aliphatic carbocycles. The van der Waals surface area contributed by atoms with Gasteiger partial charge in [-0.1, -0.05) is 25.7 Å². The summed E-state index contributed by atoms with van der Waals surface area (Å²) in [7, 11) is -2.75. The van der Waals surface area contributed by atoms with Crippen molar-refractivity contribution in [1.29, 1.82) is 0 Å². The van der Waals surface area contributed by atoms with E-state index >= 15 is 0 Å². The second kappa shape index (κ2) is 8.22. The average molecular weight is 335 g/mol. The minimum atomic E-state index is -1.52. The van der Waals surface area contributed by atoms with Crippen LogP contribution >= 0.6 is 0 Å². The van der Waals surface area contributed by atoms with Crippen LogP contribution < -0.4 is 0 Å². The van der Waals surface area contributed by atoms with Crippen molar-refractivity contribution in [2.45, 2.75) is 77.8 Å². The van der Waals surface area contributed by atoms with Crippen LogP contribution in [0.2, 0.25) is 39.3 Å². The van der Waals surface area contributed by atoms with Crippen molar-refractivity contribution in [3.8, 4) is 11.5 Å². The maximum absolute atomic E-state index is 6.38. The van der Waals surface area contributed by atoms with Crippen molar-refractivity contribution in [3.63, 3.8) is 0 Å². The molecule has 0 aromatic carbocycles. The summed E-state index contributed by atoms with van der Waals surface area (Å²) in [5.41, 5.74) is 5.00. The molecule has 1 rings (SSSR count). The van der Waals surface area contributed by atoms with Gasteiger partial charge in [0.05, 0.1) is 5.76 Å². The van der Waals surface area contributed by atoms with Gasteiger partial charge in [0.15, 0.2) is 0 Å². The van der Waals surface area contributed by atoms with Crippen molar-refractivity contribution >= 4 is 16.4 Å². The van der Waals surface area contributed by atoms with E-state index in [0.717, 1.165) is 19.3 Å². The van der Waals surface area contributed by atoms with Gasteiger partial charge in [-0.3, -0.25) is 0 Å². The number of rotatable bonds is 6. The molecule has 22 heavy (non-hydrogen) atoms. The van der Waals surface area contributed by atoms with Crippen LogP contribution in [0.3, 0.4) is 0 Å². The lowest BCUT2D eigenvalue weighted by Gasteiger charge is -2.32. The molecule has 1 atom stereocenters. The number of hydrogen-bond acceptors (Lipinski definition) is 1. The standard InChI is InChI=1S/C19H34OSi2/c1-8-12-18-17(13-9-10-16-21(2,3)4)14-11-15-19(18)20-22(5,6)7/h8,17H,1,9,11-15H2,2-7H3. The van der Waals surface area contributed by atoms with Gasteiger partial charge in [0.25, 0.3) is 0 Å². The summed E-state index contributed by atoms with van der Waals surface area (Å²) < 4.78 is 6.38. The van der Waals surface area contributed by atoms with Gasteiger partial charge in [0.1, 0.15) is 8.07 Å². The minimum absolute atomic E-state index is 0.647. The summed E-state index contributed by atoms with van der Waals surface area (Å²) in [5.74, 6) is 5.36. The zero-order valence-corrected chi connectivity index (χ0v) is 17.5. The molecule has 0 spiro atoms. The zero-order chi connectivity index (χ0) is 16.8. The van der Waals surface area contributed by atoms with Crippen molar-refractivity contribution in [1.82, 2.24) is 0 Å². The van der Waals surface area contributed by atoms with Crippen LogP contribution in [0.25, 0.3) is 0 Å². The van der Waals surface area contributed by atoms with E-state index in [4.69, 9.17) is 4.43 Å². The molecule has 0 fully saturated rings. The molecule has 0 aliphatic heterocycles. The molecule has 0 saturated heterocycles. The highest BCUT2D eigenvalue weighted by atomic mass is 28.4. The summed E-state index contributed by atoms with van der Waals surface area (Å²) in [6.45, 7) is 17.7. The number of allylic oxidation sites excluding steroid dienone is 3. The fraction of sp³-hybridized carbons (Fsp3) is 0.684. The molecule has 0 saturated carbocycles. The Morgan fingerprint density at radius 3 is 2.45 bits per heavy atom. The Balaban J connectivity index is 2.80. The predicted octanol–water partition coefficient (Wildman–Crippen LogP) is 6.13. The quantitative estimate of drug-likeness (QED) is 0.322. The lowest BCUT2D eigenvalue weighted by Crippen LogP contribution is -2.27. The van der Waals surface area contributed by atoms with E-state index in [1.165, 1.54) is 30.6 Å². The maximum atomic E-state index is 6.38. The first-order valence-electron chi connectivity index (χ1n) is 8.64. The Kier molecular flexibility index (Phi) is 7.22. The maximum Gasteiger partial charge on any atom is 0.241 e. The second-order valence-corrected chi connectivity index (χ2v) is 17.5. The third-order valence-electron chi connectivity index (χ3n) is 3.68. The summed E-state index contributed by atoms with van der Waals surface area (Å²) in [4.78, 5) is 0. The molecule has 0 aromatic rings. The van der Waals surface area contributed by atoms with Crippen LogP contribution in [-0.4, -0.2) is 16.4 Å². The van der Waals surface area contributed by atoms with Gasteiger partial charge < -0.3 is 4.43 Å². The van der Waals surface area contributed by atoms with Gasteiger partial charge in [0.2, 0.25) is 8.32 Å². The summed E-state index contributed by atoms with van der Waals surface area (Å²) in [5, 5.41) is 0. The lowest BCUT2D eigenvalue weighted by atomic mass is 9.82. The number of hydrogen-bond donors (Lipinski definition) is 0. The molecule has 1 aliphatic rings. The Morgan fingerprint density at radius 2 is 1.91 bits per heavy atom. The molecule has 0 N–H and O–H groups in total. The average Bonchev–Trinajstić information content (AvgIpc) is 2.35.